The van der Waals surface area contributed by atoms with Gasteiger partial charge in [0.2, 0.25) is 5.88 Å². The predicted molar refractivity (Wildman–Crippen MR) is 143 cm³/mol. The maximum absolute atomic E-state index is 15.0. The van der Waals surface area contributed by atoms with Crippen LogP contribution in [0.25, 0.3) is 16.6 Å². The van der Waals surface area contributed by atoms with Gasteiger partial charge in [-0.3, -0.25) is 0 Å². The Morgan fingerprint density at radius 3 is 2.77 bits per heavy atom. The van der Waals surface area contributed by atoms with Crippen molar-refractivity contribution < 1.29 is 27.1 Å². The Kier molecular flexibility index (Phi) is 5.63. The summed E-state index contributed by atoms with van der Waals surface area (Å²) < 4.78 is 71.5. The van der Waals surface area contributed by atoms with Crippen molar-refractivity contribution in [2.75, 3.05) is 32.5 Å². The molecule has 6 rings (SSSR count). The number of nitrogens with one attached hydrogen (secondary N) is 1. The van der Waals surface area contributed by atoms with Crippen molar-refractivity contribution in [3.63, 3.8) is 0 Å². The maximum atomic E-state index is 15.0. The largest absolute Gasteiger partial charge is 0.493 e. The number of benzene rings is 2. The molecule has 0 aliphatic carbocycles. The summed E-state index contributed by atoms with van der Waals surface area (Å²) in [7, 11) is -1.25. The second-order valence-corrected chi connectivity index (χ2v) is 9.50. The van der Waals surface area contributed by atoms with E-state index in [1.165, 1.54) is 40.5 Å². The number of aromatic nitrogens is 6. The van der Waals surface area contributed by atoms with Gasteiger partial charge < -0.3 is 24.4 Å². The molecule has 1 atom stereocenters. The van der Waals surface area contributed by atoms with Crippen LogP contribution in [-0.4, -0.2) is 73.7 Å². The fraction of sp³-hybridized carbons (Fsp3) is 0.296. The van der Waals surface area contributed by atoms with Gasteiger partial charge in [0.1, 0.15) is 30.5 Å². The summed E-state index contributed by atoms with van der Waals surface area (Å²) in [6.07, 6.45) is 2.71. The van der Waals surface area contributed by atoms with Crippen LogP contribution in [0.4, 0.5) is 20.3 Å². The Morgan fingerprint density at radius 1 is 1.07 bits per heavy atom. The number of halogens is 2. The fourth-order valence-electron chi connectivity index (χ4n) is 4.63. The highest BCUT2D eigenvalue weighted by Gasteiger charge is 2.46. The summed E-state index contributed by atoms with van der Waals surface area (Å²) in [4.78, 5) is 18.5. The molecule has 0 bridgehead atoms. The molecule has 4 heterocycles. The highest BCUT2D eigenvalue weighted by atomic mass is 19.3. The lowest BCUT2D eigenvalue weighted by molar-refractivity contribution is -0.135. The normalized spacial score (nSPS) is 18.6. The van der Waals surface area contributed by atoms with Crippen molar-refractivity contribution in [2.24, 2.45) is 0 Å². The van der Waals surface area contributed by atoms with E-state index < -0.39 is 25.6 Å². The monoisotopic (exact) mass is 551 g/mol. The number of piperidine rings is 1. The number of fused-ring (bicyclic) bond motifs is 2. The van der Waals surface area contributed by atoms with Crippen LogP contribution in [0, 0.1) is 6.92 Å². The fourth-order valence-corrected chi connectivity index (χ4v) is 4.63. The minimum absolute atomic E-state index is 0.0170. The van der Waals surface area contributed by atoms with Crippen molar-refractivity contribution >= 4 is 28.1 Å². The van der Waals surface area contributed by atoms with Crippen LogP contribution in [0.2, 0.25) is 0 Å². The molecular weight excluding hydrogens is 522 g/mol. The van der Waals surface area contributed by atoms with Gasteiger partial charge in [-0.15, -0.1) is 0 Å². The molecule has 0 unspecified atom stereocenters. The molecule has 1 aliphatic rings. The second-order valence-electron chi connectivity index (χ2n) is 9.50. The average Bonchev–Trinajstić information content (AvgIpc) is 3.40. The van der Waals surface area contributed by atoms with Crippen LogP contribution >= 0.6 is 0 Å². The molecular formula is C27H26F2N8O3. The van der Waals surface area contributed by atoms with Gasteiger partial charge in [-0.05, 0) is 49.9 Å². The van der Waals surface area contributed by atoms with Gasteiger partial charge in [-0.1, -0.05) is 0 Å². The number of methoxy groups -OCH3 is 1. The Hall–Kier alpha value is -4.65. The topological polar surface area (TPSA) is 112 Å². The number of likely N-dealkylation sites (tertiary alicyclic amines) is 1. The molecule has 0 saturated carbocycles. The quantitative estimate of drug-likeness (QED) is 0.307. The number of alkyl halides is 2. The van der Waals surface area contributed by atoms with Crippen LogP contribution in [-0.2, 0) is 0 Å². The first kappa shape index (κ1) is 22.2. The van der Waals surface area contributed by atoms with Crippen molar-refractivity contribution in [1.29, 1.82) is 0 Å². The van der Waals surface area contributed by atoms with Gasteiger partial charge in [0.25, 0.3) is 5.92 Å². The lowest BCUT2D eigenvalue weighted by atomic mass is 10.0. The number of hydrogen-bond donors (Lipinski definition) is 1. The van der Waals surface area contributed by atoms with Crippen molar-refractivity contribution in [3.05, 3.63) is 60.9 Å². The third kappa shape index (κ3) is 4.91. The molecule has 1 N–H and O–H groups in total. The van der Waals surface area contributed by atoms with Crippen molar-refractivity contribution in [2.45, 2.75) is 25.4 Å². The minimum Gasteiger partial charge on any atom is -0.493 e. The third-order valence-electron chi connectivity index (χ3n) is 6.61. The van der Waals surface area contributed by atoms with Gasteiger partial charge in [-0.25, -0.2) is 33.2 Å². The Balaban J connectivity index is 1.34. The smallest absolute Gasteiger partial charge is 0.296 e. The highest BCUT2D eigenvalue weighted by Crippen LogP contribution is 2.42. The van der Waals surface area contributed by atoms with E-state index in [0.717, 1.165) is 5.56 Å². The molecule has 0 spiro atoms. The van der Waals surface area contributed by atoms with Gasteiger partial charge in [0.15, 0.2) is 23.3 Å². The zero-order chi connectivity index (χ0) is 30.4. The van der Waals surface area contributed by atoms with Gasteiger partial charge in [-0.2, -0.15) is 5.10 Å². The van der Waals surface area contributed by atoms with E-state index >= 15 is 8.78 Å². The number of aryl methyl sites for hydroxylation is 1. The summed E-state index contributed by atoms with van der Waals surface area (Å²) in [5.74, 6) is -2.53. The van der Waals surface area contributed by atoms with E-state index in [4.69, 9.17) is 18.3 Å². The number of nitrogens with zero attached hydrogens (tertiary/aromatic N) is 7. The zero-order valence-corrected chi connectivity index (χ0v) is 21.5. The molecule has 3 aromatic heterocycles. The lowest BCUT2D eigenvalue weighted by Gasteiger charge is -2.36. The van der Waals surface area contributed by atoms with Gasteiger partial charge >= 0.3 is 0 Å². The third-order valence-corrected chi connectivity index (χ3v) is 6.61. The standard InChI is InChI=1S/C27H26F2N8O3/c1-16-10-17(4-6-19(16)39-23-11-22-31-14-34-37(22)15-33-23)35-26-24-18(30-13-32-26)5-7-20(38-3)25(24)40-21-8-9-36(2)12-27(21,28)29/h4-7,10-11,13-15,21H,8-9,12H2,1-3H3,(H,30,32,35)/t21-/m1/s1/i3D3. The number of rotatable bonds is 7. The summed E-state index contributed by atoms with van der Waals surface area (Å²) in [6.45, 7) is 1.71. The first-order valence-corrected chi connectivity index (χ1v) is 12.4. The van der Waals surface area contributed by atoms with Crippen molar-refractivity contribution in [1.82, 2.24) is 34.4 Å². The Labute approximate surface area is 232 Å². The maximum Gasteiger partial charge on any atom is 0.296 e. The predicted octanol–water partition coefficient (Wildman–Crippen LogP) is 4.64. The van der Waals surface area contributed by atoms with E-state index in [0.29, 0.717) is 35.0 Å². The Morgan fingerprint density at radius 2 is 1.95 bits per heavy atom. The minimum atomic E-state index is -3.20. The van der Waals surface area contributed by atoms with Crippen molar-refractivity contribution in [3.8, 4) is 23.1 Å². The molecule has 1 fully saturated rings. The van der Waals surface area contributed by atoms with E-state index in [1.807, 2.05) is 6.92 Å². The van der Waals surface area contributed by atoms with Gasteiger partial charge in [0.05, 0.1) is 28.6 Å². The zero-order valence-electron chi connectivity index (χ0n) is 24.5. The molecule has 2 aromatic carbocycles. The van der Waals surface area contributed by atoms with E-state index in [2.05, 4.69) is 30.4 Å². The van der Waals surface area contributed by atoms with Crippen LogP contribution in [0.5, 0.6) is 23.1 Å². The number of anilines is 2. The second kappa shape index (κ2) is 10.2. The van der Waals surface area contributed by atoms with E-state index in [-0.39, 0.29) is 29.1 Å². The average molecular weight is 552 g/mol. The summed E-state index contributed by atoms with van der Waals surface area (Å²) in [5.41, 5.74) is 2.26. The van der Waals surface area contributed by atoms with Crippen LogP contribution in [0.15, 0.2) is 55.4 Å². The molecule has 0 amide bonds. The van der Waals surface area contributed by atoms with E-state index in [1.54, 1.807) is 31.3 Å². The summed E-state index contributed by atoms with van der Waals surface area (Å²) in [6, 6.07) is 9.78. The number of hydrogen-bond acceptors (Lipinski definition) is 10. The molecule has 40 heavy (non-hydrogen) atoms. The lowest BCUT2D eigenvalue weighted by Crippen LogP contribution is -2.52. The number of ether oxygens (including phenoxy) is 3. The van der Waals surface area contributed by atoms with Gasteiger partial charge in [0, 0.05) is 24.7 Å². The molecule has 1 saturated heterocycles. The summed E-state index contributed by atoms with van der Waals surface area (Å²) in [5, 5.41) is 7.39. The first-order chi connectivity index (χ1) is 20.4. The molecule has 206 valence electrons. The molecule has 5 aromatic rings. The van der Waals surface area contributed by atoms with Crippen LogP contribution < -0.4 is 19.5 Å². The SMILES string of the molecule is [2H]C([2H])([2H])Oc1ccc2ncnc(Nc3ccc(Oc4cc5ncnn5cn4)c(C)c3)c2c1O[C@@H]1CCN(C)CC1(F)F. The van der Waals surface area contributed by atoms with Crippen LogP contribution in [0.1, 0.15) is 16.1 Å². The Bertz CT molecular complexity index is 1800. The molecule has 13 heteroatoms. The molecule has 0 radical (unpaired) electrons. The molecule has 11 nitrogen and oxygen atoms in total. The highest BCUT2D eigenvalue weighted by molar-refractivity contribution is 5.97. The van der Waals surface area contributed by atoms with E-state index in [9.17, 15) is 0 Å². The first-order valence-electron chi connectivity index (χ1n) is 13.9. The summed E-state index contributed by atoms with van der Waals surface area (Å²) >= 11 is 0. The van der Waals surface area contributed by atoms with Crippen LogP contribution in [0.3, 0.4) is 0 Å². The molecule has 1 aliphatic heterocycles.